The van der Waals surface area contributed by atoms with Crippen LogP contribution in [0.1, 0.15) is 18.9 Å². The number of para-hydroxylation sites is 1. The van der Waals surface area contributed by atoms with Crippen LogP contribution in [0, 0.1) is 6.33 Å². The smallest absolute Gasteiger partial charge is 0.174 e. The number of hydrogen-bond acceptors (Lipinski definition) is 1. The molecule has 2 aromatic rings. The highest BCUT2D eigenvalue weighted by atomic mass is 14.9. The molecule has 0 saturated carbocycles. The summed E-state index contributed by atoms with van der Waals surface area (Å²) in [7, 11) is 0. The van der Waals surface area contributed by atoms with Crippen LogP contribution >= 0.6 is 0 Å². The fraction of sp³-hybridized carbons (Fsp3) is 0.300. The van der Waals surface area contributed by atoms with E-state index < -0.39 is 0 Å². The van der Waals surface area contributed by atoms with Gasteiger partial charge in [-0.15, -0.1) is 0 Å². The molecule has 2 nitrogen and oxygen atoms in total. The van der Waals surface area contributed by atoms with E-state index in [9.17, 15) is 0 Å². The van der Waals surface area contributed by atoms with Crippen LogP contribution in [-0.2, 0) is 6.42 Å². The van der Waals surface area contributed by atoms with Crippen molar-refractivity contribution in [2.45, 2.75) is 19.8 Å². The monoisotopic (exact) mass is 159 g/mol. The maximum Gasteiger partial charge on any atom is 0.174 e. The van der Waals surface area contributed by atoms with Crippen molar-refractivity contribution < 1.29 is 0 Å². The highest BCUT2D eigenvalue weighted by Gasteiger charge is 2.00. The first kappa shape index (κ1) is 7.35. The van der Waals surface area contributed by atoms with E-state index in [-0.39, 0.29) is 0 Å². The van der Waals surface area contributed by atoms with Crippen molar-refractivity contribution in [2.24, 2.45) is 0 Å². The standard InChI is InChI=1S/C10H11N2/c1-2-4-8-5-3-6-9-10(8)12-7-11-9/h3,5-6H,2,4H2,1H3,(H,11,12). The van der Waals surface area contributed by atoms with Crippen LogP contribution < -0.4 is 0 Å². The second kappa shape index (κ2) is 2.97. The van der Waals surface area contributed by atoms with Gasteiger partial charge in [0.25, 0.3) is 0 Å². The molecule has 2 rings (SSSR count). The molecule has 0 atom stereocenters. The lowest BCUT2D eigenvalue weighted by Gasteiger charge is -1.97. The summed E-state index contributed by atoms with van der Waals surface area (Å²) >= 11 is 0. The van der Waals surface area contributed by atoms with Crippen LogP contribution in [0.2, 0.25) is 0 Å². The van der Waals surface area contributed by atoms with Gasteiger partial charge in [-0.05, 0) is 18.1 Å². The summed E-state index contributed by atoms with van der Waals surface area (Å²) in [5.74, 6) is 0. The molecule has 0 spiro atoms. The number of nitrogens with one attached hydrogen (secondary N) is 1. The Kier molecular flexibility index (Phi) is 1.82. The maximum absolute atomic E-state index is 4.16. The fourth-order valence-corrected chi connectivity index (χ4v) is 1.44. The van der Waals surface area contributed by atoms with Crippen molar-refractivity contribution in [2.75, 3.05) is 0 Å². The summed E-state index contributed by atoms with van der Waals surface area (Å²) in [5.41, 5.74) is 3.47. The van der Waals surface area contributed by atoms with Crippen LogP contribution in [0.3, 0.4) is 0 Å². The second-order valence-electron chi connectivity index (χ2n) is 2.91. The zero-order valence-corrected chi connectivity index (χ0v) is 7.09. The highest BCUT2D eigenvalue weighted by Crippen LogP contribution is 2.15. The van der Waals surface area contributed by atoms with Gasteiger partial charge in [0.1, 0.15) is 0 Å². The normalized spacial score (nSPS) is 10.8. The molecule has 12 heavy (non-hydrogen) atoms. The van der Waals surface area contributed by atoms with Crippen molar-refractivity contribution in [1.82, 2.24) is 9.97 Å². The molecule has 0 unspecified atom stereocenters. The Labute approximate surface area is 71.6 Å². The minimum atomic E-state index is 1.07. The average molecular weight is 159 g/mol. The summed E-state index contributed by atoms with van der Waals surface area (Å²) in [6.45, 7) is 2.18. The van der Waals surface area contributed by atoms with Crippen LogP contribution in [0.25, 0.3) is 11.0 Å². The Morgan fingerprint density at radius 2 is 2.42 bits per heavy atom. The first-order valence-corrected chi connectivity index (χ1v) is 4.25. The molecule has 0 bridgehead atoms. The summed E-state index contributed by atoms with van der Waals surface area (Å²) < 4.78 is 0. The van der Waals surface area contributed by atoms with Gasteiger partial charge in [0.2, 0.25) is 0 Å². The number of aromatic amines is 1. The van der Waals surface area contributed by atoms with E-state index in [1.807, 2.05) is 6.07 Å². The number of rotatable bonds is 2. The molecule has 61 valence electrons. The molecule has 0 fully saturated rings. The molecule has 0 aliphatic carbocycles. The number of imidazole rings is 1. The van der Waals surface area contributed by atoms with Crippen LogP contribution in [0.4, 0.5) is 0 Å². The second-order valence-corrected chi connectivity index (χ2v) is 2.91. The molecular formula is C10H11N2. The Morgan fingerprint density at radius 3 is 3.25 bits per heavy atom. The number of benzene rings is 1. The summed E-state index contributed by atoms with van der Waals surface area (Å²) in [5, 5.41) is 0. The molecule has 0 aliphatic rings. The Balaban J connectivity index is 2.57. The minimum Gasteiger partial charge on any atom is -0.335 e. The van der Waals surface area contributed by atoms with Gasteiger partial charge in [0.05, 0.1) is 11.0 Å². The highest BCUT2D eigenvalue weighted by molar-refractivity contribution is 5.77. The molecule has 0 amide bonds. The van der Waals surface area contributed by atoms with E-state index in [1.54, 1.807) is 0 Å². The molecule has 1 radical (unpaired) electrons. The Hall–Kier alpha value is -1.31. The van der Waals surface area contributed by atoms with Crippen LogP contribution in [-0.4, -0.2) is 9.97 Å². The molecular weight excluding hydrogens is 148 g/mol. The number of aromatic nitrogens is 2. The van der Waals surface area contributed by atoms with E-state index >= 15 is 0 Å². The lowest BCUT2D eigenvalue weighted by Crippen LogP contribution is -1.84. The third-order valence-corrected chi connectivity index (χ3v) is 2.00. The number of H-pyrrole nitrogens is 1. The van der Waals surface area contributed by atoms with Gasteiger partial charge in [-0.1, -0.05) is 25.5 Å². The third-order valence-electron chi connectivity index (χ3n) is 2.00. The van der Waals surface area contributed by atoms with Crippen molar-refractivity contribution in [1.29, 1.82) is 0 Å². The number of hydrogen-bond donors (Lipinski definition) is 1. The van der Waals surface area contributed by atoms with Gasteiger partial charge >= 0.3 is 0 Å². The van der Waals surface area contributed by atoms with Gasteiger partial charge < -0.3 is 4.98 Å². The molecule has 1 heterocycles. The molecule has 0 aliphatic heterocycles. The van der Waals surface area contributed by atoms with Crippen molar-refractivity contribution in [3.05, 3.63) is 30.1 Å². The number of aryl methyl sites for hydroxylation is 1. The van der Waals surface area contributed by atoms with Crippen LogP contribution in [0.5, 0.6) is 0 Å². The predicted molar refractivity (Wildman–Crippen MR) is 48.9 cm³/mol. The molecule has 1 aromatic heterocycles. The van der Waals surface area contributed by atoms with E-state index in [1.165, 1.54) is 5.56 Å². The van der Waals surface area contributed by atoms with E-state index in [4.69, 9.17) is 0 Å². The van der Waals surface area contributed by atoms with E-state index in [2.05, 4.69) is 35.4 Å². The summed E-state index contributed by atoms with van der Waals surface area (Å²) in [4.78, 5) is 7.14. The largest absolute Gasteiger partial charge is 0.335 e. The van der Waals surface area contributed by atoms with Crippen LogP contribution in [0.15, 0.2) is 18.2 Å². The van der Waals surface area contributed by atoms with Crippen molar-refractivity contribution in [3.63, 3.8) is 0 Å². The third kappa shape index (κ3) is 1.09. The lowest BCUT2D eigenvalue weighted by atomic mass is 10.1. The zero-order chi connectivity index (χ0) is 8.39. The predicted octanol–water partition coefficient (Wildman–Crippen LogP) is 2.32. The SMILES string of the molecule is CCCc1cccc2[nH][c]nc12. The Morgan fingerprint density at radius 1 is 1.50 bits per heavy atom. The molecule has 0 saturated heterocycles. The maximum atomic E-state index is 4.16. The average Bonchev–Trinajstić information content (AvgIpc) is 2.53. The number of nitrogens with zero attached hydrogens (tertiary/aromatic N) is 1. The number of fused-ring (bicyclic) bond motifs is 1. The topological polar surface area (TPSA) is 28.7 Å². The van der Waals surface area contributed by atoms with Gasteiger partial charge in [-0.3, -0.25) is 0 Å². The summed E-state index contributed by atoms with van der Waals surface area (Å²) in [6, 6.07) is 6.21. The van der Waals surface area contributed by atoms with Gasteiger partial charge in [-0.2, -0.15) is 0 Å². The van der Waals surface area contributed by atoms with Crippen molar-refractivity contribution >= 4 is 11.0 Å². The van der Waals surface area contributed by atoms with Gasteiger partial charge in [-0.25, -0.2) is 4.98 Å². The zero-order valence-electron chi connectivity index (χ0n) is 7.09. The minimum absolute atomic E-state index is 1.07. The van der Waals surface area contributed by atoms with E-state index in [0.29, 0.717) is 0 Å². The quantitative estimate of drug-likeness (QED) is 0.715. The van der Waals surface area contributed by atoms with Gasteiger partial charge in [0.15, 0.2) is 6.33 Å². The first-order chi connectivity index (χ1) is 5.92. The first-order valence-electron chi connectivity index (χ1n) is 4.25. The van der Waals surface area contributed by atoms with Crippen molar-refractivity contribution in [3.8, 4) is 0 Å². The molecule has 1 aromatic carbocycles. The molecule has 1 N–H and O–H groups in total. The Bertz CT molecular complexity index is 376. The van der Waals surface area contributed by atoms with Gasteiger partial charge in [0, 0.05) is 0 Å². The molecule has 2 heteroatoms. The lowest BCUT2D eigenvalue weighted by molar-refractivity contribution is 0.927. The fourth-order valence-electron chi connectivity index (χ4n) is 1.44. The summed E-state index contributed by atoms with van der Waals surface area (Å²) in [6.07, 6.45) is 5.01. The van der Waals surface area contributed by atoms with E-state index in [0.717, 1.165) is 23.9 Å².